The standard InChI is InChI=1S/C25H20ClN3O4/c1-16-5-2-3-8-21(16)24-29-28-23(33-24)18-9-11-19(12-10-18)25(31)32-15-22(30)27-14-17-6-4-7-20(26)13-17/h2-13H,14-15H2,1H3,(H,27,30). The molecular weight excluding hydrogens is 442 g/mol. The van der Waals surface area contributed by atoms with Crippen molar-refractivity contribution in [2.75, 3.05) is 6.61 Å². The largest absolute Gasteiger partial charge is 0.452 e. The molecule has 0 saturated heterocycles. The van der Waals surface area contributed by atoms with Crippen LogP contribution in [0.5, 0.6) is 0 Å². The number of aromatic nitrogens is 2. The molecule has 0 radical (unpaired) electrons. The van der Waals surface area contributed by atoms with Crippen molar-refractivity contribution in [3.05, 3.63) is 94.5 Å². The fourth-order valence-corrected chi connectivity index (χ4v) is 3.34. The monoisotopic (exact) mass is 461 g/mol. The number of carbonyl (C=O) groups excluding carboxylic acids is 2. The number of benzene rings is 3. The minimum Gasteiger partial charge on any atom is -0.452 e. The van der Waals surface area contributed by atoms with Gasteiger partial charge in [-0.2, -0.15) is 0 Å². The van der Waals surface area contributed by atoms with Crippen LogP contribution in [0.2, 0.25) is 5.02 Å². The zero-order valence-electron chi connectivity index (χ0n) is 17.7. The molecule has 7 nitrogen and oxygen atoms in total. The first-order valence-electron chi connectivity index (χ1n) is 10.2. The van der Waals surface area contributed by atoms with E-state index in [-0.39, 0.29) is 6.61 Å². The Morgan fingerprint density at radius 3 is 2.48 bits per heavy atom. The second kappa shape index (κ2) is 10.1. The highest BCUT2D eigenvalue weighted by molar-refractivity contribution is 6.30. The highest BCUT2D eigenvalue weighted by atomic mass is 35.5. The molecule has 0 fully saturated rings. The van der Waals surface area contributed by atoms with Crippen molar-refractivity contribution in [2.45, 2.75) is 13.5 Å². The van der Waals surface area contributed by atoms with Crippen molar-refractivity contribution in [3.8, 4) is 22.9 Å². The molecule has 1 amide bonds. The molecule has 3 aromatic carbocycles. The van der Waals surface area contributed by atoms with E-state index in [4.69, 9.17) is 20.8 Å². The molecule has 1 heterocycles. The third-order valence-corrected chi connectivity index (χ3v) is 5.12. The summed E-state index contributed by atoms with van der Waals surface area (Å²) in [6.45, 7) is 1.88. The molecule has 1 N–H and O–H groups in total. The number of halogens is 1. The summed E-state index contributed by atoms with van der Waals surface area (Å²) in [5.41, 5.74) is 3.72. The van der Waals surface area contributed by atoms with E-state index in [9.17, 15) is 9.59 Å². The third-order valence-electron chi connectivity index (χ3n) is 4.88. The van der Waals surface area contributed by atoms with Gasteiger partial charge >= 0.3 is 5.97 Å². The third kappa shape index (κ3) is 5.64. The summed E-state index contributed by atoms with van der Waals surface area (Å²) in [7, 11) is 0. The average molecular weight is 462 g/mol. The minimum atomic E-state index is -0.606. The van der Waals surface area contributed by atoms with Gasteiger partial charge in [0.15, 0.2) is 6.61 Å². The Morgan fingerprint density at radius 1 is 0.970 bits per heavy atom. The number of aryl methyl sites for hydroxylation is 1. The molecule has 4 aromatic rings. The van der Waals surface area contributed by atoms with Crippen LogP contribution < -0.4 is 5.32 Å². The van der Waals surface area contributed by atoms with Gasteiger partial charge in [-0.1, -0.05) is 41.9 Å². The summed E-state index contributed by atoms with van der Waals surface area (Å²) >= 11 is 5.92. The molecule has 0 unspecified atom stereocenters. The lowest BCUT2D eigenvalue weighted by Crippen LogP contribution is -2.28. The molecule has 0 aliphatic rings. The van der Waals surface area contributed by atoms with Crippen LogP contribution in [0.4, 0.5) is 0 Å². The quantitative estimate of drug-likeness (QED) is 0.396. The van der Waals surface area contributed by atoms with Gasteiger partial charge in [-0.25, -0.2) is 4.79 Å². The van der Waals surface area contributed by atoms with Gasteiger partial charge < -0.3 is 14.5 Å². The zero-order chi connectivity index (χ0) is 23.2. The number of ether oxygens (including phenoxy) is 1. The van der Waals surface area contributed by atoms with E-state index in [1.54, 1.807) is 42.5 Å². The summed E-state index contributed by atoms with van der Waals surface area (Å²) < 4.78 is 10.9. The lowest BCUT2D eigenvalue weighted by atomic mass is 10.1. The predicted octanol–water partition coefficient (Wildman–Crippen LogP) is 4.84. The van der Waals surface area contributed by atoms with Crippen LogP contribution in [0.15, 0.2) is 77.2 Å². The highest BCUT2D eigenvalue weighted by Gasteiger charge is 2.14. The molecule has 0 aliphatic carbocycles. The van der Waals surface area contributed by atoms with Gasteiger partial charge in [0, 0.05) is 22.7 Å². The second-order valence-electron chi connectivity index (χ2n) is 7.29. The van der Waals surface area contributed by atoms with Crippen molar-refractivity contribution < 1.29 is 18.7 Å². The number of amides is 1. The number of nitrogens with one attached hydrogen (secondary N) is 1. The Labute approximate surface area is 195 Å². The summed E-state index contributed by atoms with van der Waals surface area (Å²) in [5, 5.41) is 11.5. The molecule has 0 atom stereocenters. The van der Waals surface area contributed by atoms with Gasteiger partial charge in [-0.3, -0.25) is 4.79 Å². The Hall–Kier alpha value is -3.97. The topological polar surface area (TPSA) is 94.3 Å². The maximum atomic E-state index is 12.3. The molecule has 0 saturated carbocycles. The van der Waals surface area contributed by atoms with Gasteiger partial charge in [0.25, 0.3) is 5.91 Å². The first-order chi connectivity index (χ1) is 16.0. The van der Waals surface area contributed by atoms with Crippen molar-refractivity contribution in [2.24, 2.45) is 0 Å². The fourth-order valence-electron chi connectivity index (χ4n) is 3.12. The van der Waals surface area contributed by atoms with Gasteiger partial charge in [0.1, 0.15) is 0 Å². The fraction of sp³-hybridized carbons (Fsp3) is 0.120. The van der Waals surface area contributed by atoms with Crippen LogP contribution in [0.25, 0.3) is 22.9 Å². The lowest BCUT2D eigenvalue weighted by molar-refractivity contribution is -0.124. The van der Waals surface area contributed by atoms with Gasteiger partial charge in [-0.15, -0.1) is 10.2 Å². The second-order valence-corrected chi connectivity index (χ2v) is 7.72. The molecule has 8 heteroatoms. The number of hydrogen-bond donors (Lipinski definition) is 1. The minimum absolute atomic E-state index is 0.292. The molecular formula is C25H20ClN3O4. The first-order valence-corrected chi connectivity index (χ1v) is 10.6. The van der Waals surface area contributed by atoms with Crippen molar-refractivity contribution in [1.82, 2.24) is 15.5 Å². The van der Waals surface area contributed by atoms with Gasteiger partial charge in [-0.05, 0) is 60.5 Å². The van der Waals surface area contributed by atoms with Crippen molar-refractivity contribution in [1.29, 1.82) is 0 Å². The summed E-state index contributed by atoms with van der Waals surface area (Å²) in [4.78, 5) is 24.2. The van der Waals surface area contributed by atoms with E-state index in [1.165, 1.54) is 0 Å². The number of nitrogens with zero attached hydrogens (tertiary/aromatic N) is 2. The lowest BCUT2D eigenvalue weighted by Gasteiger charge is -2.07. The van der Waals surface area contributed by atoms with Crippen LogP contribution >= 0.6 is 11.6 Å². The Bertz CT molecular complexity index is 1280. The normalized spacial score (nSPS) is 10.6. The van der Waals surface area contributed by atoms with E-state index >= 15 is 0 Å². The van der Waals surface area contributed by atoms with Gasteiger partial charge in [0.2, 0.25) is 11.8 Å². The smallest absolute Gasteiger partial charge is 0.338 e. The molecule has 0 spiro atoms. The predicted molar refractivity (Wildman–Crippen MR) is 123 cm³/mol. The number of carbonyl (C=O) groups is 2. The molecule has 0 aliphatic heterocycles. The van der Waals surface area contributed by atoms with Crippen LogP contribution in [0.3, 0.4) is 0 Å². The molecule has 166 valence electrons. The maximum absolute atomic E-state index is 12.3. The van der Waals surface area contributed by atoms with E-state index in [1.807, 2.05) is 37.3 Å². The Kier molecular flexibility index (Phi) is 6.80. The van der Waals surface area contributed by atoms with E-state index < -0.39 is 11.9 Å². The van der Waals surface area contributed by atoms with Crippen LogP contribution in [0, 0.1) is 6.92 Å². The SMILES string of the molecule is Cc1ccccc1-c1nnc(-c2ccc(C(=O)OCC(=O)NCc3cccc(Cl)c3)cc2)o1. The highest BCUT2D eigenvalue weighted by Crippen LogP contribution is 2.26. The number of esters is 1. The molecule has 4 rings (SSSR count). The van der Waals surface area contributed by atoms with Crippen molar-refractivity contribution >= 4 is 23.5 Å². The summed E-state index contributed by atoms with van der Waals surface area (Å²) in [5.74, 6) is -0.246. The molecule has 33 heavy (non-hydrogen) atoms. The summed E-state index contributed by atoms with van der Waals surface area (Å²) in [6, 6.07) is 21.4. The Morgan fingerprint density at radius 2 is 1.73 bits per heavy atom. The van der Waals surface area contributed by atoms with Crippen molar-refractivity contribution in [3.63, 3.8) is 0 Å². The van der Waals surface area contributed by atoms with E-state index in [0.29, 0.717) is 34.5 Å². The molecule has 0 bridgehead atoms. The van der Waals surface area contributed by atoms with Crippen LogP contribution in [-0.4, -0.2) is 28.7 Å². The maximum Gasteiger partial charge on any atom is 0.338 e. The van der Waals surface area contributed by atoms with E-state index in [0.717, 1.165) is 16.7 Å². The molecule has 1 aromatic heterocycles. The van der Waals surface area contributed by atoms with E-state index in [2.05, 4.69) is 15.5 Å². The zero-order valence-corrected chi connectivity index (χ0v) is 18.5. The Balaban J connectivity index is 1.32. The first kappa shape index (κ1) is 22.2. The summed E-state index contributed by atoms with van der Waals surface area (Å²) in [6.07, 6.45) is 0. The van der Waals surface area contributed by atoms with Crippen LogP contribution in [0.1, 0.15) is 21.5 Å². The van der Waals surface area contributed by atoms with Crippen LogP contribution in [-0.2, 0) is 16.1 Å². The number of rotatable bonds is 7. The van der Waals surface area contributed by atoms with Gasteiger partial charge in [0.05, 0.1) is 5.56 Å². The average Bonchev–Trinajstić information content (AvgIpc) is 3.32. The number of hydrogen-bond acceptors (Lipinski definition) is 6.